The first-order valence-corrected chi connectivity index (χ1v) is 12.6. The molecule has 3 rings (SSSR count). The second kappa shape index (κ2) is 13.4. The summed E-state index contributed by atoms with van der Waals surface area (Å²) in [5, 5.41) is 7.84. The average Bonchev–Trinajstić information content (AvgIpc) is 3.30. The van der Waals surface area contributed by atoms with Gasteiger partial charge in [-0.25, -0.2) is 14.2 Å². The summed E-state index contributed by atoms with van der Waals surface area (Å²) in [4.78, 5) is 33.6. The molecular formula is C24H34FN5O3S. The number of thiazole rings is 1. The first-order valence-electron chi connectivity index (χ1n) is 11.7. The quantitative estimate of drug-likeness (QED) is 0.465. The molecule has 8 nitrogen and oxygen atoms in total. The number of carbonyl (C=O) groups is 2. The summed E-state index contributed by atoms with van der Waals surface area (Å²) in [5.74, 6) is -0.723. The minimum absolute atomic E-state index is 0.105. The van der Waals surface area contributed by atoms with Crippen LogP contribution >= 0.6 is 11.3 Å². The molecule has 0 spiro atoms. The molecule has 1 saturated heterocycles. The Balaban J connectivity index is 1.50. The Labute approximate surface area is 204 Å². The highest BCUT2D eigenvalue weighted by molar-refractivity contribution is 7.09. The van der Waals surface area contributed by atoms with E-state index in [-0.39, 0.29) is 18.1 Å². The Morgan fingerprint density at radius 3 is 2.91 bits per heavy atom. The van der Waals surface area contributed by atoms with Crippen LogP contribution in [-0.2, 0) is 11.3 Å². The number of hydrogen-bond donors (Lipinski definition) is 2. The number of amides is 3. The van der Waals surface area contributed by atoms with Crippen LogP contribution in [-0.4, -0.2) is 72.7 Å². The minimum atomic E-state index is -0.509. The van der Waals surface area contributed by atoms with E-state index in [1.165, 1.54) is 47.6 Å². The maximum Gasteiger partial charge on any atom is 0.322 e. The number of para-hydroxylation sites is 1. The van der Waals surface area contributed by atoms with Crippen LogP contribution < -0.4 is 10.6 Å². The first kappa shape index (κ1) is 26.1. The summed E-state index contributed by atoms with van der Waals surface area (Å²) in [6.07, 6.45) is 4.69. The molecular weight excluding hydrogens is 457 g/mol. The molecule has 0 saturated carbocycles. The van der Waals surface area contributed by atoms with Gasteiger partial charge in [0.15, 0.2) is 0 Å². The lowest BCUT2D eigenvalue weighted by Crippen LogP contribution is -2.39. The van der Waals surface area contributed by atoms with Crippen molar-refractivity contribution in [2.45, 2.75) is 45.2 Å². The van der Waals surface area contributed by atoms with Gasteiger partial charge in [-0.2, -0.15) is 0 Å². The fourth-order valence-electron chi connectivity index (χ4n) is 3.93. The van der Waals surface area contributed by atoms with Gasteiger partial charge in [-0.15, -0.1) is 11.3 Å². The predicted molar refractivity (Wildman–Crippen MR) is 132 cm³/mol. The number of halogens is 1. The summed E-state index contributed by atoms with van der Waals surface area (Å²) in [6, 6.07) is 6.14. The summed E-state index contributed by atoms with van der Waals surface area (Å²) >= 11 is 1.31. The lowest BCUT2D eigenvalue weighted by Gasteiger charge is -2.33. The highest BCUT2D eigenvalue weighted by Crippen LogP contribution is 2.17. The molecule has 1 fully saturated rings. The van der Waals surface area contributed by atoms with Crippen molar-refractivity contribution in [3.8, 4) is 0 Å². The molecule has 0 aliphatic carbocycles. The highest BCUT2D eigenvalue weighted by atomic mass is 32.1. The van der Waals surface area contributed by atoms with E-state index < -0.39 is 11.8 Å². The summed E-state index contributed by atoms with van der Waals surface area (Å²) in [6.45, 7) is 5.78. The van der Waals surface area contributed by atoms with Crippen molar-refractivity contribution in [2.24, 2.45) is 0 Å². The van der Waals surface area contributed by atoms with Crippen molar-refractivity contribution < 1.29 is 18.7 Å². The van der Waals surface area contributed by atoms with Crippen LogP contribution in [0.3, 0.4) is 0 Å². The van der Waals surface area contributed by atoms with E-state index in [4.69, 9.17) is 4.74 Å². The van der Waals surface area contributed by atoms with Gasteiger partial charge in [-0.05, 0) is 44.9 Å². The molecule has 1 aromatic carbocycles. The maximum atomic E-state index is 13.9. The van der Waals surface area contributed by atoms with Gasteiger partial charge >= 0.3 is 6.03 Å². The molecule has 3 amide bonds. The number of ether oxygens (including phenoxy) is 1. The number of aromatic nitrogens is 1. The van der Waals surface area contributed by atoms with E-state index in [2.05, 4.69) is 27.4 Å². The van der Waals surface area contributed by atoms with Crippen molar-refractivity contribution >= 4 is 29.0 Å². The molecule has 1 aromatic heterocycles. The SMILES string of the molecule is COCCN(Cc1nc(C(=O)NCCCN2CCCCC2C)cs1)C(=O)Nc1ccccc1F. The molecule has 10 heteroatoms. The summed E-state index contributed by atoms with van der Waals surface area (Å²) in [7, 11) is 1.55. The maximum absolute atomic E-state index is 13.9. The number of piperidine rings is 1. The zero-order chi connectivity index (χ0) is 24.3. The number of nitrogens with zero attached hydrogens (tertiary/aromatic N) is 3. The Hall–Kier alpha value is -2.56. The summed E-state index contributed by atoms with van der Waals surface area (Å²) < 4.78 is 19.0. The molecule has 2 aromatic rings. The molecule has 1 aliphatic heterocycles. The van der Waals surface area contributed by atoms with Gasteiger partial charge < -0.3 is 25.2 Å². The van der Waals surface area contributed by atoms with Gasteiger partial charge in [0, 0.05) is 38.2 Å². The fraction of sp³-hybridized carbons (Fsp3) is 0.542. The number of methoxy groups -OCH3 is 1. The lowest BCUT2D eigenvalue weighted by molar-refractivity contribution is 0.0944. The van der Waals surface area contributed by atoms with E-state index in [0.29, 0.717) is 36.4 Å². The normalized spacial score (nSPS) is 16.3. The molecule has 34 heavy (non-hydrogen) atoms. The Kier molecular flexibility index (Phi) is 10.2. The van der Waals surface area contributed by atoms with Crippen molar-refractivity contribution in [3.05, 3.63) is 46.2 Å². The molecule has 2 heterocycles. The second-order valence-electron chi connectivity index (χ2n) is 8.44. The van der Waals surface area contributed by atoms with Crippen molar-refractivity contribution in [2.75, 3.05) is 45.2 Å². The largest absolute Gasteiger partial charge is 0.383 e. The van der Waals surface area contributed by atoms with Gasteiger partial charge in [0.05, 0.1) is 18.8 Å². The van der Waals surface area contributed by atoms with Gasteiger partial charge in [0.1, 0.15) is 16.5 Å². The van der Waals surface area contributed by atoms with Crippen LogP contribution in [0.4, 0.5) is 14.9 Å². The van der Waals surface area contributed by atoms with Gasteiger partial charge in [0.2, 0.25) is 0 Å². The van der Waals surface area contributed by atoms with E-state index in [0.717, 1.165) is 19.5 Å². The number of rotatable bonds is 11. The van der Waals surface area contributed by atoms with Crippen LogP contribution in [0.2, 0.25) is 0 Å². The van der Waals surface area contributed by atoms with E-state index in [1.807, 2.05) is 0 Å². The zero-order valence-electron chi connectivity index (χ0n) is 19.9. The standard InChI is InChI=1S/C24H34FN5O3S/c1-18-8-5-6-12-29(18)13-7-11-26-23(31)21-17-34-22(27-21)16-30(14-15-33-2)24(32)28-20-10-4-3-9-19(20)25/h3-4,9-10,17-18H,5-8,11-16H2,1-2H3,(H,26,31)(H,28,32). The van der Waals surface area contributed by atoms with Crippen molar-refractivity contribution in [1.82, 2.24) is 20.1 Å². The van der Waals surface area contributed by atoms with E-state index in [1.54, 1.807) is 24.6 Å². The lowest BCUT2D eigenvalue weighted by atomic mass is 10.0. The molecule has 2 N–H and O–H groups in total. The van der Waals surface area contributed by atoms with Crippen molar-refractivity contribution in [1.29, 1.82) is 0 Å². The molecule has 1 unspecified atom stereocenters. The average molecular weight is 492 g/mol. The predicted octanol–water partition coefficient (Wildman–Crippen LogP) is 3.96. The van der Waals surface area contributed by atoms with Gasteiger partial charge in [0.25, 0.3) is 5.91 Å². The first-order chi connectivity index (χ1) is 16.5. The van der Waals surface area contributed by atoms with Gasteiger partial charge in [-0.1, -0.05) is 18.6 Å². The molecule has 186 valence electrons. The number of carbonyl (C=O) groups excluding carboxylic acids is 2. The van der Waals surface area contributed by atoms with Crippen LogP contribution in [0.5, 0.6) is 0 Å². The van der Waals surface area contributed by atoms with E-state index in [9.17, 15) is 14.0 Å². The molecule has 0 bridgehead atoms. The molecule has 1 aliphatic rings. The second-order valence-corrected chi connectivity index (χ2v) is 9.38. The number of likely N-dealkylation sites (tertiary alicyclic amines) is 1. The monoisotopic (exact) mass is 491 g/mol. The molecule has 0 radical (unpaired) electrons. The topological polar surface area (TPSA) is 86.8 Å². The fourth-order valence-corrected chi connectivity index (χ4v) is 4.72. The minimum Gasteiger partial charge on any atom is -0.383 e. The van der Waals surface area contributed by atoms with Crippen molar-refractivity contribution in [3.63, 3.8) is 0 Å². The Bertz CT molecular complexity index is 941. The zero-order valence-corrected chi connectivity index (χ0v) is 20.7. The Morgan fingerprint density at radius 2 is 2.15 bits per heavy atom. The van der Waals surface area contributed by atoms with Crippen LogP contribution in [0.15, 0.2) is 29.6 Å². The summed E-state index contributed by atoms with van der Waals surface area (Å²) in [5.41, 5.74) is 0.445. The number of nitrogens with one attached hydrogen (secondary N) is 2. The third-order valence-electron chi connectivity index (χ3n) is 5.93. The van der Waals surface area contributed by atoms with Crippen LogP contribution in [0.1, 0.15) is 48.1 Å². The third kappa shape index (κ3) is 7.75. The highest BCUT2D eigenvalue weighted by Gasteiger charge is 2.20. The van der Waals surface area contributed by atoms with Gasteiger partial charge in [-0.3, -0.25) is 4.79 Å². The third-order valence-corrected chi connectivity index (χ3v) is 6.76. The Morgan fingerprint density at radius 1 is 1.32 bits per heavy atom. The number of anilines is 1. The smallest absolute Gasteiger partial charge is 0.322 e. The van der Waals surface area contributed by atoms with E-state index >= 15 is 0 Å². The number of urea groups is 1. The number of hydrogen-bond acceptors (Lipinski definition) is 6. The molecule has 1 atom stereocenters. The number of benzene rings is 1. The van der Waals surface area contributed by atoms with Crippen LogP contribution in [0.25, 0.3) is 0 Å². The van der Waals surface area contributed by atoms with Crippen LogP contribution in [0, 0.1) is 5.82 Å².